The van der Waals surface area contributed by atoms with Crippen LogP contribution in [-0.4, -0.2) is 20.1 Å². The molecule has 0 atom stereocenters. The standard InChI is InChI=1S/C22H29N3S/c1-4-5-15-22(2,3)26-17-16-25-20-14-10-9-13-19(20)24-21(25)23-18-11-7-6-8-12-18/h6-14H,4-5,15-17H2,1-3H3,(H,23,24). The fourth-order valence-electron chi connectivity index (χ4n) is 3.14. The van der Waals surface area contributed by atoms with Crippen LogP contribution in [0.4, 0.5) is 11.6 Å². The van der Waals surface area contributed by atoms with Crippen LogP contribution in [0.5, 0.6) is 0 Å². The third kappa shape index (κ3) is 4.82. The molecule has 0 fully saturated rings. The number of thioether (sulfide) groups is 1. The highest BCUT2D eigenvalue weighted by Crippen LogP contribution is 2.31. The highest BCUT2D eigenvalue weighted by Gasteiger charge is 2.18. The van der Waals surface area contributed by atoms with Gasteiger partial charge in [0.15, 0.2) is 0 Å². The maximum absolute atomic E-state index is 4.82. The summed E-state index contributed by atoms with van der Waals surface area (Å²) in [6.45, 7) is 7.95. The zero-order chi connectivity index (χ0) is 18.4. The Labute approximate surface area is 161 Å². The summed E-state index contributed by atoms with van der Waals surface area (Å²) in [5.41, 5.74) is 3.30. The highest BCUT2D eigenvalue weighted by molar-refractivity contribution is 8.00. The van der Waals surface area contributed by atoms with Crippen molar-refractivity contribution in [2.45, 2.75) is 51.3 Å². The Hall–Kier alpha value is -1.94. The smallest absolute Gasteiger partial charge is 0.208 e. The van der Waals surface area contributed by atoms with Gasteiger partial charge in [-0.25, -0.2) is 4.98 Å². The number of rotatable bonds is 9. The van der Waals surface area contributed by atoms with Gasteiger partial charge in [-0.2, -0.15) is 11.8 Å². The number of nitrogens with zero attached hydrogens (tertiary/aromatic N) is 2. The molecule has 3 aromatic rings. The van der Waals surface area contributed by atoms with Crippen LogP contribution in [0.2, 0.25) is 0 Å². The molecule has 26 heavy (non-hydrogen) atoms. The summed E-state index contributed by atoms with van der Waals surface area (Å²) in [5, 5.41) is 3.49. The minimum absolute atomic E-state index is 0.333. The molecule has 0 aliphatic carbocycles. The Kier molecular flexibility index (Phi) is 6.25. The molecule has 0 bridgehead atoms. The molecule has 0 amide bonds. The van der Waals surface area contributed by atoms with Gasteiger partial charge in [0.1, 0.15) is 0 Å². The van der Waals surface area contributed by atoms with Gasteiger partial charge in [0, 0.05) is 22.7 Å². The van der Waals surface area contributed by atoms with Crippen molar-refractivity contribution >= 4 is 34.4 Å². The molecule has 1 heterocycles. The number of anilines is 2. The van der Waals surface area contributed by atoms with E-state index in [1.54, 1.807) is 0 Å². The van der Waals surface area contributed by atoms with Crippen LogP contribution < -0.4 is 5.32 Å². The Morgan fingerprint density at radius 1 is 1.04 bits per heavy atom. The normalized spacial score (nSPS) is 11.8. The van der Waals surface area contributed by atoms with Gasteiger partial charge in [-0.15, -0.1) is 0 Å². The molecule has 2 aromatic carbocycles. The molecule has 138 valence electrons. The summed E-state index contributed by atoms with van der Waals surface area (Å²) >= 11 is 2.06. The number of aryl methyl sites for hydroxylation is 1. The molecule has 0 unspecified atom stereocenters. The lowest BCUT2D eigenvalue weighted by atomic mass is 10.1. The van der Waals surface area contributed by atoms with E-state index in [0.29, 0.717) is 4.75 Å². The maximum atomic E-state index is 4.82. The van der Waals surface area contributed by atoms with Crippen molar-refractivity contribution in [2.24, 2.45) is 0 Å². The largest absolute Gasteiger partial charge is 0.326 e. The fraction of sp³-hybridized carbons (Fsp3) is 0.409. The lowest BCUT2D eigenvalue weighted by molar-refractivity contribution is 0.592. The van der Waals surface area contributed by atoms with E-state index in [9.17, 15) is 0 Å². The summed E-state index contributed by atoms with van der Waals surface area (Å²) in [5.74, 6) is 2.00. The van der Waals surface area contributed by atoms with E-state index in [0.717, 1.165) is 29.5 Å². The molecule has 3 rings (SSSR count). The number of benzene rings is 2. The second kappa shape index (κ2) is 8.63. The minimum atomic E-state index is 0.333. The van der Waals surface area contributed by atoms with Crippen LogP contribution in [0.1, 0.15) is 40.0 Å². The number of aromatic nitrogens is 2. The van der Waals surface area contributed by atoms with Crippen molar-refractivity contribution < 1.29 is 0 Å². The molecule has 1 N–H and O–H groups in total. The molecule has 0 saturated heterocycles. The van der Waals surface area contributed by atoms with Gasteiger partial charge in [0.2, 0.25) is 5.95 Å². The lowest BCUT2D eigenvalue weighted by Gasteiger charge is -2.24. The van der Waals surface area contributed by atoms with Gasteiger partial charge >= 0.3 is 0 Å². The second-order valence-corrected chi connectivity index (χ2v) is 9.08. The molecule has 3 nitrogen and oxygen atoms in total. The average molecular weight is 368 g/mol. The second-order valence-electron chi connectivity index (χ2n) is 7.28. The van der Waals surface area contributed by atoms with Gasteiger partial charge in [0.05, 0.1) is 11.0 Å². The van der Waals surface area contributed by atoms with Crippen LogP contribution in [-0.2, 0) is 6.54 Å². The first-order chi connectivity index (χ1) is 12.6. The van der Waals surface area contributed by atoms with E-state index < -0.39 is 0 Å². The Balaban J connectivity index is 1.76. The third-order valence-corrected chi connectivity index (χ3v) is 6.00. The van der Waals surface area contributed by atoms with Gasteiger partial charge < -0.3 is 9.88 Å². The molecule has 4 heteroatoms. The highest BCUT2D eigenvalue weighted by atomic mass is 32.2. The molecule has 0 spiro atoms. The van der Waals surface area contributed by atoms with Gasteiger partial charge in [-0.05, 0) is 30.7 Å². The van der Waals surface area contributed by atoms with Crippen molar-refractivity contribution in [1.82, 2.24) is 9.55 Å². The molecule has 0 radical (unpaired) electrons. The summed E-state index contributed by atoms with van der Waals surface area (Å²) in [6.07, 6.45) is 3.84. The first-order valence-corrected chi connectivity index (χ1v) is 10.5. The van der Waals surface area contributed by atoms with Crippen LogP contribution in [0.3, 0.4) is 0 Å². The Bertz CT molecular complexity index is 824. The van der Waals surface area contributed by atoms with Crippen molar-refractivity contribution in [3.05, 3.63) is 54.6 Å². The van der Waals surface area contributed by atoms with Crippen LogP contribution >= 0.6 is 11.8 Å². The van der Waals surface area contributed by atoms with Crippen molar-refractivity contribution in [2.75, 3.05) is 11.1 Å². The molecular weight excluding hydrogens is 338 g/mol. The quantitative estimate of drug-likeness (QED) is 0.469. The van der Waals surface area contributed by atoms with Crippen LogP contribution in [0.15, 0.2) is 54.6 Å². The maximum Gasteiger partial charge on any atom is 0.208 e. The number of hydrogen-bond acceptors (Lipinski definition) is 3. The van der Waals surface area contributed by atoms with Gasteiger partial charge in [-0.1, -0.05) is 63.9 Å². The summed E-state index contributed by atoms with van der Waals surface area (Å²) in [4.78, 5) is 4.82. The molecule has 0 aliphatic rings. The first kappa shape index (κ1) is 18.8. The Morgan fingerprint density at radius 3 is 2.54 bits per heavy atom. The van der Waals surface area contributed by atoms with E-state index in [4.69, 9.17) is 4.98 Å². The summed E-state index contributed by atoms with van der Waals surface area (Å²) in [7, 11) is 0. The van der Waals surface area contributed by atoms with E-state index >= 15 is 0 Å². The van der Waals surface area contributed by atoms with Gasteiger partial charge in [-0.3, -0.25) is 0 Å². The number of nitrogens with one attached hydrogen (secondary N) is 1. The van der Waals surface area contributed by atoms with Crippen LogP contribution in [0.25, 0.3) is 11.0 Å². The van der Waals surface area contributed by atoms with E-state index in [1.807, 2.05) is 18.2 Å². The number of para-hydroxylation sites is 3. The molecular formula is C22H29N3S. The van der Waals surface area contributed by atoms with Crippen LogP contribution in [0, 0.1) is 0 Å². The summed E-state index contributed by atoms with van der Waals surface area (Å²) < 4.78 is 2.64. The number of unbranched alkanes of at least 4 members (excludes halogenated alkanes) is 1. The number of hydrogen-bond donors (Lipinski definition) is 1. The zero-order valence-corrected chi connectivity index (χ0v) is 16.9. The Morgan fingerprint density at radius 2 is 1.77 bits per heavy atom. The minimum Gasteiger partial charge on any atom is -0.326 e. The summed E-state index contributed by atoms with van der Waals surface area (Å²) in [6, 6.07) is 18.6. The lowest BCUT2D eigenvalue weighted by Crippen LogP contribution is -2.17. The van der Waals surface area contributed by atoms with E-state index in [1.165, 1.54) is 24.8 Å². The van der Waals surface area contributed by atoms with Crippen molar-refractivity contribution in [3.8, 4) is 0 Å². The average Bonchev–Trinajstić information content (AvgIpc) is 2.98. The first-order valence-electron chi connectivity index (χ1n) is 9.50. The van der Waals surface area contributed by atoms with E-state index in [2.05, 4.69) is 78.8 Å². The van der Waals surface area contributed by atoms with Crippen molar-refractivity contribution in [3.63, 3.8) is 0 Å². The van der Waals surface area contributed by atoms with E-state index in [-0.39, 0.29) is 0 Å². The SMILES string of the molecule is CCCCC(C)(C)SCCn1c(Nc2ccccc2)nc2ccccc21. The number of fused-ring (bicyclic) bond motifs is 1. The monoisotopic (exact) mass is 367 g/mol. The number of imidazole rings is 1. The zero-order valence-electron chi connectivity index (χ0n) is 16.0. The topological polar surface area (TPSA) is 29.9 Å². The predicted molar refractivity (Wildman–Crippen MR) is 116 cm³/mol. The third-order valence-electron chi connectivity index (χ3n) is 4.62. The fourth-order valence-corrected chi connectivity index (χ4v) is 4.25. The predicted octanol–water partition coefficient (Wildman–Crippen LogP) is 6.48. The molecule has 0 aliphatic heterocycles. The van der Waals surface area contributed by atoms with Crippen molar-refractivity contribution in [1.29, 1.82) is 0 Å². The molecule has 1 aromatic heterocycles. The van der Waals surface area contributed by atoms with Gasteiger partial charge in [0.25, 0.3) is 0 Å². The molecule has 0 saturated carbocycles.